The molecule has 0 radical (unpaired) electrons. The monoisotopic (exact) mass is 436 g/mol. The van der Waals surface area contributed by atoms with Crippen molar-refractivity contribution in [3.63, 3.8) is 0 Å². The molecule has 0 amide bonds. The second-order valence-corrected chi connectivity index (χ2v) is 7.03. The first kappa shape index (κ1) is 18.9. The van der Waals surface area contributed by atoms with Gasteiger partial charge in [0.2, 0.25) is 0 Å². The van der Waals surface area contributed by atoms with Gasteiger partial charge in [0.15, 0.2) is 0 Å². The van der Waals surface area contributed by atoms with Crippen molar-refractivity contribution in [3.05, 3.63) is 52.1 Å². The Balaban J connectivity index is 1.71. The molecule has 2 aromatic carbocycles. The number of ether oxygens (including phenoxy) is 1. The SMILES string of the molecule is CCCCCCCCOc1ccc(N=Nc2ccc(I)cc2)cc1. The fourth-order valence-electron chi connectivity index (χ4n) is 2.30. The second-order valence-electron chi connectivity index (χ2n) is 5.79. The lowest BCUT2D eigenvalue weighted by molar-refractivity contribution is 0.304. The molecule has 4 heteroatoms. The van der Waals surface area contributed by atoms with Gasteiger partial charge in [0.05, 0.1) is 18.0 Å². The van der Waals surface area contributed by atoms with Gasteiger partial charge < -0.3 is 4.74 Å². The maximum atomic E-state index is 5.77. The Labute approximate surface area is 158 Å². The average Bonchev–Trinajstić information content (AvgIpc) is 2.61. The fraction of sp³-hybridized carbons (Fsp3) is 0.400. The van der Waals surface area contributed by atoms with Crippen molar-refractivity contribution in [3.8, 4) is 5.75 Å². The molecule has 128 valence electrons. The third kappa shape index (κ3) is 7.43. The van der Waals surface area contributed by atoms with Gasteiger partial charge in [-0.1, -0.05) is 39.0 Å². The number of hydrogen-bond acceptors (Lipinski definition) is 3. The predicted molar refractivity (Wildman–Crippen MR) is 109 cm³/mol. The molecule has 3 nitrogen and oxygen atoms in total. The van der Waals surface area contributed by atoms with Gasteiger partial charge in [-0.25, -0.2) is 0 Å². The van der Waals surface area contributed by atoms with E-state index >= 15 is 0 Å². The van der Waals surface area contributed by atoms with E-state index in [0.717, 1.165) is 30.2 Å². The van der Waals surface area contributed by atoms with Crippen LogP contribution in [0, 0.1) is 3.57 Å². The van der Waals surface area contributed by atoms with Crippen LogP contribution in [0.2, 0.25) is 0 Å². The molecule has 0 saturated carbocycles. The summed E-state index contributed by atoms with van der Waals surface area (Å²) in [7, 11) is 0. The Bertz CT molecular complexity index is 609. The molecule has 0 bridgehead atoms. The van der Waals surface area contributed by atoms with Gasteiger partial charge in [-0.05, 0) is 77.5 Å². The summed E-state index contributed by atoms with van der Waals surface area (Å²) in [6.07, 6.45) is 7.68. The van der Waals surface area contributed by atoms with E-state index in [0.29, 0.717) is 0 Å². The lowest BCUT2D eigenvalue weighted by atomic mass is 10.1. The summed E-state index contributed by atoms with van der Waals surface area (Å²) >= 11 is 2.28. The number of nitrogens with zero attached hydrogens (tertiary/aromatic N) is 2. The van der Waals surface area contributed by atoms with Crippen LogP contribution in [0.5, 0.6) is 5.75 Å². The number of hydrogen-bond donors (Lipinski definition) is 0. The second kappa shape index (κ2) is 11.2. The standard InChI is InChI=1S/C20H25IN2O/c1-2-3-4-5-6-7-16-24-20-14-12-19(13-15-20)23-22-18-10-8-17(21)9-11-18/h8-15H,2-7,16H2,1H3. The van der Waals surface area contributed by atoms with E-state index in [1.807, 2.05) is 48.5 Å². The summed E-state index contributed by atoms with van der Waals surface area (Å²) in [5, 5.41) is 8.49. The van der Waals surface area contributed by atoms with Crippen molar-refractivity contribution in [2.45, 2.75) is 45.4 Å². The maximum Gasteiger partial charge on any atom is 0.119 e. The van der Waals surface area contributed by atoms with Crippen molar-refractivity contribution >= 4 is 34.0 Å². The van der Waals surface area contributed by atoms with Crippen LogP contribution in [-0.2, 0) is 0 Å². The van der Waals surface area contributed by atoms with E-state index < -0.39 is 0 Å². The highest BCUT2D eigenvalue weighted by Gasteiger charge is 1.96. The fourth-order valence-corrected chi connectivity index (χ4v) is 2.66. The zero-order chi connectivity index (χ0) is 17.0. The topological polar surface area (TPSA) is 34.0 Å². The number of unbranched alkanes of at least 4 members (excludes halogenated alkanes) is 5. The third-order valence-electron chi connectivity index (χ3n) is 3.71. The summed E-state index contributed by atoms with van der Waals surface area (Å²) in [6.45, 7) is 3.03. The van der Waals surface area contributed by atoms with E-state index in [1.54, 1.807) is 0 Å². The zero-order valence-corrected chi connectivity index (χ0v) is 16.4. The molecule has 0 heterocycles. The zero-order valence-electron chi connectivity index (χ0n) is 14.2. The first-order valence-electron chi connectivity index (χ1n) is 8.68. The van der Waals surface area contributed by atoms with Crippen molar-refractivity contribution in [1.29, 1.82) is 0 Å². The molecule has 0 aromatic heterocycles. The maximum absolute atomic E-state index is 5.77. The summed E-state index contributed by atoms with van der Waals surface area (Å²) in [4.78, 5) is 0. The first-order chi connectivity index (χ1) is 11.8. The Hall–Kier alpha value is -1.43. The Morgan fingerprint density at radius 3 is 1.92 bits per heavy atom. The van der Waals surface area contributed by atoms with E-state index in [4.69, 9.17) is 4.74 Å². The van der Waals surface area contributed by atoms with E-state index in [2.05, 4.69) is 39.7 Å². The molecule has 0 aliphatic heterocycles. The van der Waals surface area contributed by atoms with Gasteiger partial charge in [-0.15, -0.1) is 0 Å². The van der Waals surface area contributed by atoms with Crippen molar-refractivity contribution < 1.29 is 4.74 Å². The van der Waals surface area contributed by atoms with Crippen LogP contribution >= 0.6 is 22.6 Å². The molecule has 24 heavy (non-hydrogen) atoms. The molecular weight excluding hydrogens is 411 g/mol. The number of benzene rings is 2. The van der Waals surface area contributed by atoms with Gasteiger partial charge in [0.25, 0.3) is 0 Å². The van der Waals surface area contributed by atoms with E-state index in [9.17, 15) is 0 Å². The highest BCUT2D eigenvalue weighted by atomic mass is 127. The largest absolute Gasteiger partial charge is 0.494 e. The molecule has 0 aliphatic rings. The Kier molecular flexibility index (Phi) is 8.81. The summed E-state index contributed by atoms with van der Waals surface area (Å²) in [6, 6.07) is 15.8. The minimum Gasteiger partial charge on any atom is -0.494 e. The minimum atomic E-state index is 0.787. The molecule has 0 fully saturated rings. The van der Waals surface area contributed by atoms with Crippen LogP contribution in [0.15, 0.2) is 58.8 Å². The van der Waals surface area contributed by atoms with Crippen molar-refractivity contribution in [2.75, 3.05) is 6.61 Å². The number of halogens is 1. The lowest BCUT2D eigenvalue weighted by Gasteiger charge is -2.06. The van der Waals surface area contributed by atoms with Crippen LogP contribution in [0.25, 0.3) is 0 Å². The molecule has 0 spiro atoms. The molecule has 2 aromatic rings. The van der Waals surface area contributed by atoms with Gasteiger partial charge in [-0.2, -0.15) is 10.2 Å². The minimum absolute atomic E-state index is 0.787. The smallest absolute Gasteiger partial charge is 0.119 e. The van der Waals surface area contributed by atoms with E-state index in [1.165, 1.54) is 35.7 Å². The quantitative estimate of drug-likeness (QED) is 0.216. The van der Waals surface area contributed by atoms with E-state index in [-0.39, 0.29) is 0 Å². The van der Waals surface area contributed by atoms with Gasteiger partial charge in [0.1, 0.15) is 5.75 Å². The van der Waals surface area contributed by atoms with Crippen LogP contribution in [0.1, 0.15) is 45.4 Å². The summed E-state index contributed by atoms with van der Waals surface area (Å²) < 4.78 is 6.96. The Morgan fingerprint density at radius 2 is 1.29 bits per heavy atom. The Morgan fingerprint density at radius 1 is 0.750 bits per heavy atom. The van der Waals surface area contributed by atoms with Crippen LogP contribution < -0.4 is 4.74 Å². The van der Waals surface area contributed by atoms with Gasteiger partial charge >= 0.3 is 0 Å². The van der Waals surface area contributed by atoms with Crippen LogP contribution in [-0.4, -0.2) is 6.61 Å². The predicted octanol–water partition coefficient (Wildman–Crippen LogP) is 7.45. The number of azo groups is 1. The highest BCUT2D eigenvalue weighted by molar-refractivity contribution is 14.1. The molecule has 0 saturated heterocycles. The lowest BCUT2D eigenvalue weighted by Crippen LogP contribution is -1.96. The average molecular weight is 436 g/mol. The van der Waals surface area contributed by atoms with Gasteiger partial charge in [-0.3, -0.25) is 0 Å². The molecule has 0 aliphatic carbocycles. The molecule has 0 unspecified atom stereocenters. The normalized spacial score (nSPS) is 11.1. The molecule has 0 N–H and O–H groups in total. The summed E-state index contributed by atoms with van der Waals surface area (Å²) in [5.74, 6) is 0.900. The molecule has 2 rings (SSSR count). The van der Waals surface area contributed by atoms with Crippen molar-refractivity contribution in [1.82, 2.24) is 0 Å². The molecule has 0 atom stereocenters. The van der Waals surface area contributed by atoms with Gasteiger partial charge in [0, 0.05) is 3.57 Å². The first-order valence-corrected chi connectivity index (χ1v) is 9.76. The van der Waals surface area contributed by atoms with Crippen LogP contribution in [0.3, 0.4) is 0 Å². The summed E-state index contributed by atoms with van der Waals surface area (Å²) in [5.41, 5.74) is 1.69. The van der Waals surface area contributed by atoms with Crippen LogP contribution in [0.4, 0.5) is 11.4 Å². The third-order valence-corrected chi connectivity index (χ3v) is 4.43. The van der Waals surface area contributed by atoms with Crippen molar-refractivity contribution in [2.24, 2.45) is 10.2 Å². The number of rotatable bonds is 10. The highest BCUT2D eigenvalue weighted by Crippen LogP contribution is 2.22. The molecular formula is C20H25IN2O.